The molecule has 0 aromatic heterocycles. The van der Waals surface area contributed by atoms with Crippen molar-refractivity contribution in [3.05, 3.63) is 59.7 Å². The number of nitrogens with one attached hydrogen (secondary N) is 1. The number of carbonyl (C=O) groups is 10. The van der Waals surface area contributed by atoms with E-state index in [4.69, 9.17) is 43.7 Å². The minimum Gasteiger partial charge on any atom is -0.494 e. The van der Waals surface area contributed by atoms with Gasteiger partial charge < -0.3 is 59.0 Å². The molecule has 0 aliphatic heterocycles. The lowest BCUT2D eigenvalue weighted by Crippen LogP contribution is -2.29. The Labute approximate surface area is 425 Å². The molecule has 0 radical (unpaired) electrons. The molecule has 0 saturated carbocycles. The second-order valence-electron chi connectivity index (χ2n) is 17.0. The van der Waals surface area contributed by atoms with Crippen LogP contribution in [0.25, 0.3) is 0 Å². The minimum absolute atomic E-state index is 0.0111. The zero-order valence-corrected chi connectivity index (χ0v) is 42.0. The van der Waals surface area contributed by atoms with E-state index in [0.717, 1.165) is 32.1 Å². The number of hydrogen-bond acceptors (Lipinski definition) is 16. The molecule has 1 unspecified atom stereocenters. The maximum Gasteiger partial charge on any atom is 0.335 e. The van der Waals surface area contributed by atoms with Crippen molar-refractivity contribution in [1.82, 2.24) is 5.32 Å². The Hall–Kier alpha value is -6.42. The molecule has 0 fully saturated rings. The van der Waals surface area contributed by atoms with Gasteiger partial charge in [-0.3, -0.25) is 33.6 Å². The van der Waals surface area contributed by atoms with E-state index in [-0.39, 0.29) is 131 Å². The summed E-state index contributed by atoms with van der Waals surface area (Å²) in [6.07, 6.45) is 6.37. The Bertz CT molecular complexity index is 2040. The lowest BCUT2D eigenvalue weighted by Gasteiger charge is -2.12. The average molecular weight is 1030 g/mol. The van der Waals surface area contributed by atoms with Crippen LogP contribution in [0.4, 0.5) is 0 Å². The van der Waals surface area contributed by atoms with Gasteiger partial charge in [-0.15, -0.1) is 0 Å². The lowest BCUT2D eigenvalue weighted by atomic mass is 9.94. The Morgan fingerprint density at radius 2 is 0.973 bits per heavy atom. The molecule has 2 aromatic rings. The fourth-order valence-electron chi connectivity index (χ4n) is 6.58. The van der Waals surface area contributed by atoms with Gasteiger partial charge in [-0.1, -0.05) is 37.8 Å². The molecule has 0 aliphatic carbocycles. The Balaban J connectivity index is 0.000000961. The van der Waals surface area contributed by atoms with Crippen LogP contribution < -0.4 is 14.8 Å². The van der Waals surface area contributed by atoms with Crippen molar-refractivity contribution < 1.29 is 96.8 Å². The van der Waals surface area contributed by atoms with Gasteiger partial charge in [-0.05, 0) is 82.3 Å². The molecule has 1 amide bonds. The van der Waals surface area contributed by atoms with Crippen LogP contribution in [0.1, 0.15) is 131 Å². The molecule has 21 nitrogen and oxygen atoms in total. The number of amides is 1. The predicted octanol–water partition coefficient (Wildman–Crippen LogP) is 5.85. The van der Waals surface area contributed by atoms with Crippen LogP contribution in [-0.2, 0) is 57.3 Å². The molecule has 0 aliphatic rings. The monoisotopic (exact) mass is 1030 g/mol. The third-order valence-electron chi connectivity index (χ3n) is 10.5. The van der Waals surface area contributed by atoms with Gasteiger partial charge in [0.15, 0.2) is 17.3 Å². The summed E-state index contributed by atoms with van der Waals surface area (Å²) in [5, 5.41) is 39.1. The van der Waals surface area contributed by atoms with E-state index in [0.29, 0.717) is 57.9 Å². The molecule has 0 spiro atoms. The number of carbonyl (C=O) groups excluding carboxylic acids is 6. The molecular weight excluding hydrogens is 959 g/mol. The zero-order chi connectivity index (χ0) is 54.2. The number of aliphatic carboxylic acids is 2. The molecule has 2 atom stereocenters. The average Bonchev–Trinajstić information content (AvgIpc) is 3.34. The van der Waals surface area contributed by atoms with Gasteiger partial charge in [0.05, 0.1) is 62.6 Å². The number of carboxylic acids is 4. The molecule has 73 heavy (non-hydrogen) atoms. The number of hydrogen-bond donors (Lipinski definition) is 5. The summed E-state index contributed by atoms with van der Waals surface area (Å²) in [6, 6.07) is 12.0. The molecule has 0 saturated heterocycles. The number of Topliss-reactive ketones (excluding diaryl/α,β-unsaturated/α-hetero) is 5. The number of ketones is 5. The third-order valence-corrected chi connectivity index (χ3v) is 10.5. The zero-order valence-electron chi connectivity index (χ0n) is 42.0. The van der Waals surface area contributed by atoms with Crippen LogP contribution in [0.2, 0.25) is 0 Å². The summed E-state index contributed by atoms with van der Waals surface area (Å²) in [4.78, 5) is 114. The Morgan fingerprint density at radius 1 is 0.466 bits per heavy atom. The van der Waals surface area contributed by atoms with Crippen molar-refractivity contribution in [3.63, 3.8) is 0 Å². The van der Waals surface area contributed by atoms with E-state index in [1.54, 1.807) is 12.1 Å². The van der Waals surface area contributed by atoms with Crippen molar-refractivity contribution in [3.8, 4) is 11.5 Å². The SMILES string of the molecule is CC(=O)CCC(CC(=O)COc1cccc(C(=O)O)c1)C(=O)O.CC(=O)COCCOCCCC(=O)COCCOCCNC(=O)CC[C@H](CC(=O)CCCCCCCCOc1cccc(C(=O)O)c1)C(=O)O. The molecule has 2 rings (SSSR count). The van der Waals surface area contributed by atoms with Gasteiger partial charge in [0.25, 0.3) is 0 Å². The quantitative estimate of drug-likeness (QED) is 0.0486. The molecule has 2 aromatic carbocycles. The number of benzene rings is 2. The van der Waals surface area contributed by atoms with Crippen molar-refractivity contribution >= 4 is 58.7 Å². The first-order valence-electron chi connectivity index (χ1n) is 24.4. The molecule has 21 heteroatoms. The van der Waals surface area contributed by atoms with Crippen molar-refractivity contribution in [2.45, 2.75) is 110 Å². The molecular formula is C52H73NO20. The molecule has 0 heterocycles. The minimum atomic E-state index is -1.13. The first-order valence-corrected chi connectivity index (χ1v) is 24.4. The van der Waals surface area contributed by atoms with Crippen molar-refractivity contribution in [2.24, 2.45) is 11.8 Å². The van der Waals surface area contributed by atoms with E-state index < -0.39 is 41.5 Å². The smallest absolute Gasteiger partial charge is 0.335 e. The topological polar surface area (TPSA) is 319 Å². The summed E-state index contributed by atoms with van der Waals surface area (Å²) in [5.41, 5.74) is 0.212. The second-order valence-corrected chi connectivity index (χ2v) is 17.0. The normalized spacial score (nSPS) is 11.5. The maximum atomic E-state index is 12.4. The first-order chi connectivity index (χ1) is 34.9. The summed E-state index contributed by atoms with van der Waals surface area (Å²) >= 11 is 0. The summed E-state index contributed by atoms with van der Waals surface area (Å²) in [6.45, 7) is 5.03. The standard InChI is InChI=1S/C36H55NO13.C16H18O7/c1-28(38)26-48-22-20-46-17-9-12-32(40)27-49-23-21-47-19-16-37-34(41)15-14-30(36(44)45)24-31(39)11-6-4-2-3-5-7-18-50-33-13-8-10-29(25-33)35(42)43;1-10(17)5-6-12(16(21)22)7-13(18)9-23-14-4-2-3-11(8-14)15(19)20/h8,10,13,25,30H,2-7,9,11-12,14-24,26-27H2,1H3,(H,37,41)(H,42,43)(H,44,45);2-4,8,12H,5-7,9H2,1H3,(H,19,20)(H,21,22)/t30-;/m1./s1. The van der Waals surface area contributed by atoms with E-state index in [1.807, 2.05) is 0 Å². The molecule has 0 bridgehead atoms. The van der Waals surface area contributed by atoms with Gasteiger partial charge in [0.2, 0.25) is 5.91 Å². The van der Waals surface area contributed by atoms with Gasteiger partial charge in [-0.2, -0.15) is 0 Å². The largest absolute Gasteiger partial charge is 0.494 e. The number of carboxylic acid groups (broad SMARTS) is 4. The highest BCUT2D eigenvalue weighted by Gasteiger charge is 2.23. The van der Waals surface area contributed by atoms with Crippen LogP contribution in [0.3, 0.4) is 0 Å². The number of rotatable bonds is 44. The van der Waals surface area contributed by atoms with Crippen LogP contribution in [-0.4, -0.2) is 152 Å². The summed E-state index contributed by atoms with van der Waals surface area (Å²) < 4.78 is 31.9. The summed E-state index contributed by atoms with van der Waals surface area (Å²) in [5.74, 6) is -6.53. The van der Waals surface area contributed by atoms with E-state index in [9.17, 15) is 53.1 Å². The number of aromatic carboxylic acids is 2. The van der Waals surface area contributed by atoms with Crippen molar-refractivity contribution in [2.75, 3.05) is 72.6 Å². The third kappa shape index (κ3) is 35.4. The van der Waals surface area contributed by atoms with Crippen molar-refractivity contribution in [1.29, 1.82) is 0 Å². The Morgan fingerprint density at radius 3 is 1.55 bits per heavy atom. The maximum absolute atomic E-state index is 12.4. The highest BCUT2D eigenvalue weighted by atomic mass is 16.5. The van der Waals surface area contributed by atoms with Crippen LogP contribution in [0, 0.1) is 11.8 Å². The predicted molar refractivity (Wildman–Crippen MR) is 262 cm³/mol. The fourth-order valence-corrected chi connectivity index (χ4v) is 6.58. The lowest BCUT2D eigenvalue weighted by molar-refractivity contribution is -0.144. The van der Waals surface area contributed by atoms with E-state index in [2.05, 4.69) is 5.32 Å². The van der Waals surface area contributed by atoms with Crippen LogP contribution in [0.15, 0.2) is 48.5 Å². The number of unbranched alkanes of at least 4 members (excludes halogenated alkanes) is 5. The Kier molecular flexibility index (Phi) is 35.5. The molecule has 406 valence electrons. The second kappa shape index (κ2) is 40.1. The van der Waals surface area contributed by atoms with Gasteiger partial charge >= 0.3 is 23.9 Å². The van der Waals surface area contributed by atoms with Gasteiger partial charge in [0, 0.05) is 51.7 Å². The molecule has 5 N–H and O–H groups in total. The summed E-state index contributed by atoms with van der Waals surface area (Å²) in [7, 11) is 0. The van der Waals surface area contributed by atoms with E-state index >= 15 is 0 Å². The van der Waals surface area contributed by atoms with Crippen LogP contribution >= 0.6 is 0 Å². The first kappa shape index (κ1) is 64.6. The van der Waals surface area contributed by atoms with Crippen LogP contribution in [0.5, 0.6) is 11.5 Å². The highest BCUT2D eigenvalue weighted by molar-refractivity contribution is 5.89. The van der Waals surface area contributed by atoms with Gasteiger partial charge in [0.1, 0.15) is 42.9 Å². The fraction of sp³-hybridized carbons (Fsp3) is 0.577. The number of ether oxygens (including phenoxy) is 6. The van der Waals surface area contributed by atoms with Gasteiger partial charge in [-0.25, -0.2) is 9.59 Å². The van der Waals surface area contributed by atoms with E-state index in [1.165, 1.54) is 50.2 Å². The highest BCUT2D eigenvalue weighted by Crippen LogP contribution is 2.18.